The Balaban J connectivity index is 2.32. The van der Waals surface area contributed by atoms with Crippen LogP contribution in [0.15, 0.2) is 30.6 Å². The highest BCUT2D eigenvalue weighted by Crippen LogP contribution is 2.30. The summed E-state index contributed by atoms with van der Waals surface area (Å²) in [6.07, 6.45) is 2.28. The fourth-order valence-electron chi connectivity index (χ4n) is 1.39. The van der Waals surface area contributed by atoms with E-state index >= 15 is 0 Å². The Labute approximate surface area is 116 Å². The van der Waals surface area contributed by atoms with E-state index in [1.807, 2.05) is 0 Å². The number of nitrogens with zero attached hydrogens (tertiary/aromatic N) is 4. The molecule has 1 aromatic heterocycles. The Morgan fingerprint density at radius 2 is 1.76 bits per heavy atom. The smallest absolute Gasteiger partial charge is 0.322 e. The third kappa shape index (κ3) is 3.12. The molecule has 2 rings (SSSR count). The zero-order valence-corrected chi connectivity index (χ0v) is 10.2. The van der Waals surface area contributed by atoms with Crippen molar-refractivity contribution >= 4 is 17.7 Å². The molecule has 0 atom stereocenters. The van der Waals surface area contributed by atoms with Gasteiger partial charge in [-0.2, -0.15) is 9.97 Å². The predicted octanol–water partition coefficient (Wildman–Crippen LogP) is 1.90. The van der Waals surface area contributed by atoms with Gasteiger partial charge in [-0.15, -0.1) is 0 Å². The molecule has 2 aromatic rings. The van der Waals surface area contributed by atoms with Gasteiger partial charge in [-0.05, 0) is 12.1 Å². The Morgan fingerprint density at radius 1 is 1.10 bits per heavy atom. The van der Waals surface area contributed by atoms with E-state index < -0.39 is 15.5 Å². The number of aromatic nitrogens is 2. The van der Waals surface area contributed by atoms with Gasteiger partial charge in [-0.1, -0.05) is 0 Å². The van der Waals surface area contributed by atoms with Crippen molar-refractivity contribution in [2.75, 3.05) is 0 Å². The van der Waals surface area contributed by atoms with Gasteiger partial charge in [-0.3, -0.25) is 25.0 Å². The van der Waals surface area contributed by atoms with Crippen molar-refractivity contribution in [3.8, 4) is 11.8 Å². The maximum absolute atomic E-state index is 10.9. The van der Waals surface area contributed by atoms with Crippen LogP contribution in [0.4, 0.5) is 11.4 Å². The molecule has 0 bridgehead atoms. The first kappa shape index (κ1) is 14.0. The molecule has 0 amide bonds. The second-order valence-corrected chi connectivity index (χ2v) is 3.69. The molecule has 10 heteroatoms. The van der Waals surface area contributed by atoms with Crippen molar-refractivity contribution in [3.63, 3.8) is 0 Å². The first-order chi connectivity index (χ1) is 10.0. The van der Waals surface area contributed by atoms with E-state index in [-0.39, 0.29) is 23.0 Å². The van der Waals surface area contributed by atoms with Gasteiger partial charge in [0.25, 0.3) is 0 Å². The molecule has 10 nitrogen and oxygen atoms in total. The molecule has 1 heterocycles. The fraction of sp³-hybridized carbons (Fsp3) is 0. The number of nitro groups is 2. The molecule has 0 aliphatic carbocycles. The lowest BCUT2D eigenvalue weighted by atomic mass is 10.2. The highest BCUT2D eigenvalue weighted by Gasteiger charge is 2.18. The van der Waals surface area contributed by atoms with E-state index in [0.717, 1.165) is 18.5 Å². The summed E-state index contributed by atoms with van der Waals surface area (Å²) in [5.74, 6) is -0.181. The Morgan fingerprint density at radius 3 is 2.29 bits per heavy atom. The van der Waals surface area contributed by atoms with Crippen molar-refractivity contribution in [2.45, 2.75) is 0 Å². The summed E-state index contributed by atoms with van der Waals surface area (Å²) >= 11 is 0. The van der Waals surface area contributed by atoms with Gasteiger partial charge in [0.2, 0.25) is 5.75 Å². The number of rotatable bonds is 5. The summed E-state index contributed by atoms with van der Waals surface area (Å²) in [5.41, 5.74) is -0.673. The van der Waals surface area contributed by atoms with Crippen molar-refractivity contribution in [1.29, 1.82) is 0 Å². The highest BCUT2D eigenvalue weighted by atomic mass is 16.6. The van der Waals surface area contributed by atoms with Crippen LogP contribution in [0.25, 0.3) is 0 Å². The van der Waals surface area contributed by atoms with Crippen LogP contribution >= 0.6 is 0 Å². The minimum Gasteiger partial charge on any atom is -0.417 e. The van der Waals surface area contributed by atoms with Gasteiger partial charge < -0.3 is 4.74 Å². The van der Waals surface area contributed by atoms with Crippen LogP contribution in [0.1, 0.15) is 10.4 Å². The average Bonchev–Trinajstić information content (AvgIpc) is 2.48. The number of nitro benzene ring substituents is 1. The maximum atomic E-state index is 10.9. The van der Waals surface area contributed by atoms with Gasteiger partial charge in [0, 0.05) is 11.6 Å². The number of carbonyl (C=O) groups is 1. The van der Waals surface area contributed by atoms with Gasteiger partial charge in [0.1, 0.15) is 18.7 Å². The Bertz CT molecular complexity index is 715. The molecule has 0 spiro atoms. The Kier molecular flexibility index (Phi) is 3.79. The summed E-state index contributed by atoms with van der Waals surface area (Å²) in [7, 11) is 0. The van der Waals surface area contributed by atoms with Gasteiger partial charge in [0.15, 0.2) is 0 Å². The predicted molar refractivity (Wildman–Crippen MR) is 67.2 cm³/mol. The second-order valence-electron chi connectivity index (χ2n) is 3.69. The van der Waals surface area contributed by atoms with Gasteiger partial charge >= 0.3 is 17.4 Å². The first-order valence-electron chi connectivity index (χ1n) is 5.39. The zero-order valence-electron chi connectivity index (χ0n) is 10.2. The van der Waals surface area contributed by atoms with E-state index in [4.69, 9.17) is 4.74 Å². The molecule has 1 aromatic carbocycles. The molecule has 0 saturated carbocycles. The van der Waals surface area contributed by atoms with Crippen molar-refractivity contribution in [1.82, 2.24) is 9.97 Å². The van der Waals surface area contributed by atoms with Crippen molar-refractivity contribution in [2.24, 2.45) is 0 Å². The number of hydrogen-bond acceptors (Lipinski definition) is 8. The minimum absolute atomic E-state index is 0.110. The van der Waals surface area contributed by atoms with Crippen molar-refractivity contribution in [3.05, 3.63) is 56.4 Å². The monoisotopic (exact) mass is 290 g/mol. The lowest BCUT2D eigenvalue weighted by molar-refractivity contribution is -0.385. The number of ether oxygens (including phenoxy) is 1. The summed E-state index contributed by atoms with van der Waals surface area (Å²) in [4.78, 5) is 37.7. The molecular formula is C11H6N4O6. The first-order valence-corrected chi connectivity index (χ1v) is 5.39. The third-order valence-corrected chi connectivity index (χ3v) is 2.34. The van der Waals surface area contributed by atoms with E-state index in [1.54, 1.807) is 0 Å². The van der Waals surface area contributed by atoms with Gasteiger partial charge in [-0.25, -0.2) is 0 Å². The fourth-order valence-corrected chi connectivity index (χ4v) is 1.39. The van der Waals surface area contributed by atoms with Crippen LogP contribution < -0.4 is 4.74 Å². The molecule has 0 N–H and O–H groups in total. The normalized spacial score (nSPS) is 9.90. The molecule has 0 radical (unpaired) electrons. The van der Waals surface area contributed by atoms with Crippen LogP contribution in [0.3, 0.4) is 0 Å². The summed E-state index contributed by atoms with van der Waals surface area (Å²) in [6, 6.07) is 3.28. The van der Waals surface area contributed by atoms with E-state index in [1.165, 1.54) is 12.1 Å². The SMILES string of the molecule is O=Cc1ccc(Oc2ncc([N+](=O)[O-])cn2)c([N+](=O)[O-])c1. The highest BCUT2D eigenvalue weighted by molar-refractivity contribution is 5.77. The third-order valence-electron chi connectivity index (χ3n) is 2.34. The molecule has 106 valence electrons. The van der Waals surface area contributed by atoms with Crippen LogP contribution in [0, 0.1) is 20.2 Å². The number of hydrogen-bond donors (Lipinski definition) is 0. The second kappa shape index (κ2) is 5.69. The summed E-state index contributed by atoms with van der Waals surface area (Å²) in [6.45, 7) is 0. The molecule has 0 fully saturated rings. The minimum atomic E-state index is -0.728. The molecule has 0 unspecified atom stereocenters. The van der Waals surface area contributed by atoms with Crippen LogP contribution in [-0.2, 0) is 0 Å². The molecule has 0 aliphatic heterocycles. The maximum Gasteiger partial charge on any atom is 0.322 e. The summed E-state index contributed by atoms with van der Waals surface area (Å²) < 4.78 is 5.10. The molecular weight excluding hydrogens is 284 g/mol. The standard InChI is InChI=1S/C11H6N4O6/c16-6-7-1-2-10(9(3-7)15(19)20)21-11-12-4-8(5-13-11)14(17)18/h1-6H. The molecule has 0 aliphatic rings. The van der Waals surface area contributed by atoms with E-state index in [2.05, 4.69) is 9.97 Å². The van der Waals surface area contributed by atoms with E-state index in [9.17, 15) is 25.0 Å². The van der Waals surface area contributed by atoms with Crippen LogP contribution in [0.5, 0.6) is 11.8 Å². The Hall–Kier alpha value is -3.43. The molecule has 0 saturated heterocycles. The lowest BCUT2D eigenvalue weighted by Gasteiger charge is -2.04. The number of benzene rings is 1. The zero-order chi connectivity index (χ0) is 15.4. The van der Waals surface area contributed by atoms with Crippen LogP contribution in [-0.4, -0.2) is 26.1 Å². The molecule has 21 heavy (non-hydrogen) atoms. The van der Waals surface area contributed by atoms with E-state index in [0.29, 0.717) is 6.29 Å². The van der Waals surface area contributed by atoms with Crippen molar-refractivity contribution < 1.29 is 19.4 Å². The quantitative estimate of drug-likeness (QED) is 0.462. The van der Waals surface area contributed by atoms with Crippen LogP contribution in [0.2, 0.25) is 0 Å². The number of carbonyl (C=O) groups excluding carboxylic acids is 1. The average molecular weight is 290 g/mol. The summed E-state index contributed by atoms with van der Waals surface area (Å²) in [5, 5.41) is 21.3. The van der Waals surface area contributed by atoms with Gasteiger partial charge in [0.05, 0.1) is 9.85 Å². The largest absolute Gasteiger partial charge is 0.417 e. The number of aldehydes is 1. The lowest BCUT2D eigenvalue weighted by Crippen LogP contribution is -1.98. The topological polar surface area (TPSA) is 138 Å².